The number of nitrogens with zero attached hydrogens (tertiary/aromatic N) is 3. The Bertz CT molecular complexity index is 572. The number of rotatable bonds is 10. The van der Waals surface area contributed by atoms with E-state index < -0.39 is 0 Å². The number of nitrogens with one attached hydrogen (secondary N) is 3. The smallest absolute Gasteiger partial charge is 0.252 e. The number of aromatic nitrogens is 1. The van der Waals surface area contributed by atoms with E-state index in [9.17, 15) is 9.59 Å². The van der Waals surface area contributed by atoms with E-state index in [0.29, 0.717) is 50.7 Å². The van der Waals surface area contributed by atoms with Crippen molar-refractivity contribution in [2.24, 2.45) is 4.99 Å². The van der Waals surface area contributed by atoms with Crippen LogP contribution < -0.4 is 16.0 Å². The molecule has 144 valence electrons. The van der Waals surface area contributed by atoms with Gasteiger partial charge in [-0.25, -0.2) is 0 Å². The van der Waals surface area contributed by atoms with Crippen molar-refractivity contribution in [2.75, 3.05) is 39.3 Å². The first kappa shape index (κ1) is 21.4. The fourth-order valence-electron chi connectivity index (χ4n) is 2.30. The van der Waals surface area contributed by atoms with Crippen molar-refractivity contribution >= 4 is 17.8 Å². The molecule has 0 atom stereocenters. The summed E-state index contributed by atoms with van der Waals surface area (Å²) in [6.45, 7) is 9.47. The molecule has 0 aliphatic carbocycles. The minimum absolute atomic E-state index is 0.110. The molecule has 2 amide bonds. The van der Waals surface area contributed by atoms with E-state index in [-0.39, 0.29) is 11.8 Å². The standard InChI is InChI=1S/C18H30N6O2/c1-4-20-18(22-11-9-16(25)24(5-2)6-3)23-13-12-21-17(26)15-8-7-10-19-14-15/h7-8,10,14H,4-6,9,11-13H2,1-3H3,(H,21,26)(H2,20,22,23). The van der Waals surface area contributed by atoms with Crippen LogP contribution in [0.3, 0.4) is 0 Å². The Morgan fingerprint density at radius 2 is 1.85 bits per heavy atom. The van der Waals surface area contributed by atoms with Gasteiger partial charge in [-0.3, -0.25) is 19.6 Å². The van der Waals surface area contributed by atoms with Crippen LogP contribution in [-0.2, 0) is 4.79 Å². The molecular weight excluding hydrogens is 332 g/mol. The second kappa shape index (κ2) is 12.7. The summed E-state index contributed by atoms with van der Waals surface area (Å²) in [7, 11) is 0. The minimum Gasteiger partial charge on any atom is -0.357 e. The van der Waals surface area contributed by atoms with Gasteiger partial charge in [0.2, 0.25) is 5.91 Å². The molecule has 0 aliphatic heterocycles. The van der Waals surface area contributed by atoms with Crippen molar-refractivity contribution in [3.63, 3.8) is 0 Å². The highest BCUT2D eigenvalue weighted by molar-refractivity contribution is 5.93. The van der Waals surface area contributed by atoms with E-state index in [1.54, 1.807) is 23.2 Å². The summed E-state index contributed by atoms with van der Waals surface area (Å²) in [6.07, 6.45) is 3.54. The number of aliphatic imine (C=N–C) groups is 1. The van der Waals surface area contributed by atoms with Crippen LogP contribution in [0, 0.1) is 0 Å². The molecule has 0 saturated heterocycles. The summed E-state index contributed by atoms with van der Waals surface area (Å²) in [4.78, 5) is 34.0. The van der Waals surface area contributed by atoms with Crippen molar-refractivity contribution in [3.8, 4) is 0 Å². The second-order valence-electron chi connectivity index (χ2n) is 5.50. The number of carbonyl (C=O) groups is 2. The van der Waals surface area contributed by atoms with Crippen LogP contribution >= 0.6 is 0 Å². The molecule has 3 N–H and O–H groups in total. The number of amides is 2. The third kappa shape index (κ3) is 7.96. The lowest BCUT2D eigenvalue weighted by Gasteiger charge is -2.18. The molecule has 0 bridgehead atoms. The lowest BCUT2D eigenvalue weighted by atomic mass is 10.3. The summed E-state index contributed by atoms with van der Waals surface area (Å²) in [5.74, 6) is 0.584. The zero-order valence-electron chi connectivity index (χ0n) is 15.9. The van der Waals surface area contributed by atoms with E-state index in [4.69, 9.17) is 0 Å². The Morgan fingerprint density at radius 3 is 2.46 bits per heavy atom. The Balaban J connectivity index is 2.35. The third-order valence-corrected chi connectivity index (χ3v) is 3.68. The fraction of sp³-hybridized carbons (Fsp3) is 0.556. The van der Waals surface area contributed by atoms with Crippen LogP contribution in [0.4, 0.5) is 0 Å². The van der Waals surface area contributed by atoms with Crippen molar-refractivity contribution in [1.82, 2.24) is 25.8 Å². The first-order chi connectivity index (χ1) is 12.6. The van der Waals surface area contributed by atoms with Crippen LogP contribution in [0.15, 0.2) is 29.5 Å². The lowest BCUT2D eigenvalue weighted by molar-refractivity contribution is -0.130. The van der Waals surface area contributed by atoms with E-state index in [0.717, 1.165) is 6.54 Å². The van der Waals surface area contributed by atoms with Gasteiger partial charge in [0.15, 0.2) is 5.96 Å². The molecule has 0 saturated carbocycles. The first-order valence-corrected chi connectivity index (χ1v) is 9.10. The van der Waals surface area contributed by atoms with Gasteiger partial charge >= 0.3 is 0 Å². The molecule has 0 aromatic carbocycles. The molecule has 8 heteroatoms. The van der Waals surface area contributed by atoms with Crippen molar-refractivity contribution in [3.05, 3.63) is 30.1 Å². The normalized spacial score (nSPS) is 11.0. The molecule has 8 nitrogen and oxygen atoms in total. The molecule has 1 aromatic heterocycles. The van der Waals surface area contributed by atoms with Crippen LogP contribution in [-0.4, -0.2) is 66.9 Å². The SMILES string of the molecule is CCNC(=NCCC(=O)N(CC)CC)NCCNC(=O)c1cccnc1. The maximum Gasteiger partial charge on any atom is 0.252 e. The first-order valence-electron chi connectivity index (χ1n) is 9.10. The Labute approximate surface area is 155 Å². The van der Waals surface area contributed by atoms with Crippen molar-refractivity contribution in [1.29, 1.82) is 0 Å². The van der Waals surface area contributed by atoms with Gasteiger partial charge in [-0.15, -0.1) is 0 Å². The second-order valence-corrected chi connectivity index (χ2v) is 5.50. The Kier molecular flexibility index (Phi) is 10.4. The van der Waals surface area contributed by atoms with Crippen molar-refractivity contribution < 1.29 is 9.59 Å². The predicted octanol–water partition coefficient (Wildman–Crippen LogP) is 0.625. The highest BCUT2D eigenvalue weighted by Crippen LogP contribution is 1.95. The topological polar surface area (TPSA) is 98.7 Å². The Morgan fingerprint density at radius 1 is 1.12 bits per heavy atom. The highest BCUT2D eigenvalue weighted by Gasteiger charge is 2.08. The third-order valence-electron chi connectivity index (χ3n) is 3.68. The van der Waals surface area contributed by atoms with Gasteiger partial charge in [0.05, 0.1) is 12.1 Å². The number of carbonyl (C=O) groups excluding carboxylic acids is 2. The van der Waals surface area contributed by atoms with Crippen LogP contribution in [0.5, 0.6) is 0 Å². The van der Waals surface area contributed by atoms with Crippen LogP contribution in [0.25, 0.3) is 0 Å². The van der Waals surface area contributed by atoms with Crippen molar-refractivity contribution in [2.45, 2.75) is 27.2 Å². The highest BCUT2D eigenvalue weighted by atomic mass is 16.2. The number of hydrogen-bond donors (Lipinski definition) is 3. The molecule has 0 spiro atoms. The summed E-state index contributed by atoms with van der Waals surface area (Å²) in [6, 6.07) is 3.44. The molecular formula is C18H30N6O2. The molecule has 0 aliphatic rings. The largest absolute Gasteiger partial charge is 0.357 e. The van der Waals surface area contributed by atoms with Crippen LogP contribution in [0.1, 0.15) is 37.6 Å². The van der Waals surface area contributed by atoms with E-state index >= 15 is 0 Å². The maximum atomic E-state index is 12.0. The fourth-order valence-corrected chi connectivity index (χ4v) is 2.30. The van der Waals surface area contributed by atoms with Crippen LogP contribution in [0.2, 0.25) is 0 Å². The summed E-state index contributed by atoms with van der Waals surface area (Å²) >= 11 is 0. The average Bonchev–Trinajstić information content (AvgIpc) is 2.66. The predicted molar refractivity (Wildman–Crippen MR) is 103 cm³/mol. The number of pyridine rings is 1. The molecule has 0 fully saturated rings. The van der Waals surface area contributed by atoms with Gasteiger partial charge in [0.1, 0.15) is 0 Å². The van der Waals surface area contributed by atoms with Gasteiger partial charge < -0.3 is 20.9 Å². The molecule has 1 aromatic rings. The van der Waals surface area contributed by atoms with Gasteiger partial charge in [-0.05, 0) is 32.9 Å². The lowest BCUT2D eigenvalue weighted by Crippen LogP contribution is -2.41. The molecule has 1 heterocycles. The Hall–Kier alpha value is -2.64. The zero-order valence-corrected chi connectivity index (χ0v) is 15.9. The summed E-state index contributed by atoms with van der Waals surface area (Å²) in [5, 5.41) is 9.08. The zero-order chi connectivity index (χ0) is 19.2. The molecule has 1 rings (SSSR count). The van der Waals surface area contributed by atoms with E-state index in [1.807, 2.05) is 20.8 Å². The van der Waals surface area contributed by atoms with Gasteiger partial charge in [0, 0.05) is 51.5 Å². The summed E-state index contributed by atoms with van der Waals surface area (Å²) < 4.78 is 0. The number of hydrogen-bond acceptors (Lipinski definition) is 4. The minimum atomic E-state index is -0.161. The van der Waals surface area contributed by atoms with E-state index in [2.05, 4.69) is 25.9 Å². The number of guanidine groups is 1. The maximum absolute atomic E-state index is 12.0. The molecule has 26 heavy (non-hydrogen) atoms. The van der Waals surface area contributed by atoms with E-state index in [1.165, 1.54) is 6.20 Å². The quantitative estimate of drug-likeness (QED) is 0.322. The van der Waals surface area contributed by atoms with Gasteiger partial charge in [0.25, 0.3) is 5.91 Å². The van der Waals surface area contributed by atoms with Gasteiger partial charge in [-0.2, -0.15) is 0 Å². The average molecular weight is 362 g/mol. The molecule has 0 unspecified atom stereocenters. The summed E-state index contributed by atoms with van der Waals surface area (Å²) in [5.41, 5.74) is 0.531. The van der Waals surface area contributed by atoms with Gasteiger partial charge in [-0.1, -0.05) is 0 Å². The molecule has 0 radical (unpaired) electrons. The monoisotopic (exact) mass is 362 g/mol.